The summed E-state index contributed by atoms with van der Waals surface area (Å²) < 4.78 is 0. The lowest BCUT2D eigenvalue weighted by molar-refractivity contribution is 0.229. The number of hydrogen-bond donors (Lipinski definition) is 2. The van der Waals surface area contributed by atoms with Gasteiger partial charge in [-0.1, -0.05) is 18.1 Å². The van der Waals surface area contributed by atoms with E-state index in [1.54, 1.807) is 18.3 Å². The van der Waals surface area contributed by atoms with Crippen LogP contribution in [-0.2, 0) is 0 Å². The lowest BCUT2D eigenvalue weighted by atomic mass is 10.0. The van der Waals surface area contributed by atoms with Crippen LogP contribution >= 0.6 is 0 Å². The second-order valence-electron chi connectivity index (χ2n) is 9.84. The molecule has 2 fully saturated rings. The summed E-state index contributed by atoms with van der Waals surface area (Å²) in [5.41, 5.74) is 8.32. The summed E-state index contributed by atoms with van der Waals surface area (Å²) >= 11 is 0. The molecule has 2 aliphatic rings. The average molecular weight is 499 g/mol. The van der Waals surface area contributed by atoms with Crippen molar-refractivity contribution in [1.82, 2.24) is 25.1 Å². The number of hydrogen-bond acceptors (Lipinski definition) is 9. The van der Waals surface area contributed by atoms with Gasteiger partial charge in [-0.3, -0.25) is 4.90 Å². The summed E-state index contributed by atoms with van der Waals surface area (Å²) in [6.45, 7) is 5.64. The molecule has 192 valence electrons. The summed E-state index contributed by atoms with van der Waals surface area (Å²) in [6.07, 6.45) is 6.28. The normalized spacial score (nSPS) is 20.7. The van der Waals surface area contributed by atoms with Crippen molar-refractivity contribution in [3.63, 3.8) is 0 Å². The van der Waals surface area contributed by atoms with E-state index in [0.717, 1.165) is 50.5 Å². The predicted octanol–water partition coefficient (Wildman–Crippen LogP) is 3.16. The minimum Gasteiger partial charge on any atom is -0.507 e. The fourth-order valence-corrected chi connectivity index (χ4v) is 5.08. The molecular formula is C28H34N8O. The Labute approximate surface area is 218 Å². The first-order valence-corrected chi connectivity index (χ1v) is 13.0. The minimum absolute atomic E-state index is 0.168. The Balaban J connectivity index is 1.33. The van der Waals surface area contributed by atoms with Crippen LogP contribution in [-0.4, -0.2) is 75.5 Å². The van der Waals surface area contributed by atoms with Gasteiger partial charge in [0.15, 0.2) is 5.82 Å². The number of nitrogens with zero attached hydrogens (tertiary/aromatic N) is 7. The van der Waals surface area contributed by atoms with Crippen molar-refractivity contribution in [2.24, 2.45) is 0 Å². The maximum Gasteiger partial charge on any atom is 0.206 e. The van der Waals surface area contributed by atoms with Gasteiger partial charge in [-0.2, -0.15) is 0 Å². The maximum atomic E-state index is 10.3. The molecule has 37 heavy (non-hydrogen) atoms. The number of aromatic hydroxyl groups is 1. The van der Waals surface area contributed by atoms with Crippen molar-refractivity contribution in [2.75, 3.05) is 48.8 Å². The molecule has 4 heterocycles. The number of benzene rings is 1. The van der Waals surface area contributed by atoms with E-state index in [0.29, 0.717) is 22.9 Å². The average Bonchev–Trinajstić information content (AvgIpc) is 3.10. The molecule has 2 aliphatic heterocycles. The SMILES string of the molecule is CC1CCN(c2cc(-c3ccccc3O)nnc2N)CCN1c1ccnc(C#CC2CCCCN2C)n1. The molecule has 0 aliphatic carbocycles. The number of nitrogens with two attached hydrogens (primary N) is 1. The van der Waals surface area contributed by atoms with Gasteiger partial charge in [0.2, 0.25) is 5.82 Å². The summed E-state index contributed by atoms with van der Waals surface area (Å²) in [7, 11) is 2.14. The van der Waals surface area contributed by atoms with E-state index >= 15 is 0 Å². The second kappa shape index (κ2) is 11.0. The third-order valence-electron chi connectivity index (χ3n) is 7.34. The molecule has 2 unspecified atom stereocenters. The second-order valence-corrected chi connectivity index (χ2v) is 9.84. The first-order chi connectivity index (χ1) is 18.0. The Hall–Kier alpha value is -3.90. The van der Waals surface area contributed by atoms with E-state index in [1.165, 1.54) is 12.8 Å². The van der Waals surface area contributed by atoms with Crippen molar-refractivity contribution in [3.8, 4) is 28.8 Å². The molecular weight excluding hydrogens is 464 g/mol. The zero-order chi connectivity index (χ0) is 25.8. The number of anilines is 3. The van der Waals surface area contributed by atoms with Crippen LogP contribution in [0.5, 0.6) is 5.75 Å². The van der Waals surface area contributed by atoms with E-state index < -0.39 is 0 Å². The molecule has 3 N–H and O–H groups in total. The van der Waals surface area contributed by atoms with Crippen LogP contribution in [0.25, 0.3) is 11.3 Å². The van der Waals surface area contributed by atoms with Crippen LogP contribution < -0.4 is 15.5 Å². The van der Waals surface area contributed by atoms with Crippen molar-refractivity contribution in [1.29, 1.82) is 0 Å². The lowest BCUT2D eigenvalue weighted by Crippen LogP contribution is -2.36. The van der Waals surface area contributed by atoms with E-state index in [9.17, 15) is 5.11 Å². The van der Waals surface area contributed by atoms with Gasteiger partial charge in [-0.25, -0.2) is 9.97 Å². The summed E-state index contributed by atoms with van der Waals surface area (Å²) in [4.78, 5) is 16.1. The van der Waals surface area contributed by atoms with Crippen molar-refractivity contribution < 1.29 is 5.11 Å². The highest BCUT2D eigenvalue weighted by atomic mass is 16.3. The van der Waals surface area contributed by atoms with Crippen LogP contribution in [0.15, 0.2) is 42.6 Å². The first kappa shape index (κ1) is 24.8. The lowest BCUT2D eigenvalue weighted by Gasteiger charge is -2.28. The highest BCUT2D eigenvalue weighted by Gasteiger charge is 2.24. The Kier molecular flexibility index (Phi) is 7.37. The van der Waals surface area contributed by atoms with Crippen LogP contribution in [0, 0.1) is 11.8 Å². The molecule has 1 aromatic carbocycles. The largest absolute Gasteiger partial charge is 0.507 e. The number of phenolic OH excluding ortho intramolecular Hbond substituents is 1. The van der Waals surface area contributed by atoms with Gasteiger partial charge in [-0.15, -0.1) is 10.2 Å². The standard InChI is InChI=1S/C28H34N8O/c1-20-13-16-35(24-19-23(32-33-28(24)29)22-8-3-4-9-25(22)37)17-18-36(20)27-12-14-30-26(31-27)11-10-21-7-5-6-15-34(21)2/h3-4,8-9,12,14,19-21,37H,5-7,13,15-18H2,1-2H3,(H2,29,33). The van der Waals surface area contributed by atoms with Crippen LogP contribution in [0.2, 0.25) is 0 Å². The van der Waals surface area contributed by atoms with Crippen LogP contribution in [0.1, 0.15) is 38.4 Å². The first-order valence-electron chi connectivity index (χ1n) is 13.0. The van der Waals surface area contributed by atoms with E-state index in [4.69, 9.17) is 10.7 Å². The predicted molar refractivity (Wildman–Crippen MR) is 146 cm³/mol. The molecule has 0 spiro atoms. The van der Waals surface area contributed by atoms with E-state index in [-0.39, 0.29) is 17.8 Å². The third kappa shape index (κ3) is 5.59. The smallest absolute Gasteiger partial charge is 0.206 e. The molecule has 2 aromatic heterocycles. The molecule has 9 nitrogen and oxygen atoms in total. The summed E-state index contributed by atoms with van der Waals surface area (Å²) in [5, 5.41) is 18.7. The van der Waals surface area contributed by atoms with Crippen molar-refractivity contribution >= 4 is 17.3 Å². The summed E-state index contributed by atoms with van der Waals surface area (Å²) in [6, 6.07) is 11.5. The Bertz CT molecular complexity index is 1300. The number of para-hydroxylation sites is 1. The zero-order valence-electron chi connectivity index (χ0n) is 21.5. The molecule has 5 rings (SSSR count). The molecule has 2 saturated heterocycles. The number of nitrogen functional groups attached to an aromatic ring is 1. The molecule has 0 saturated carbocycles. The number of likely N-dealkylation sites (tertiary alicyclic amines) is 1. The number of rotatable bonds is 3. The van der Waals surface area contributed by atoms with Gasteiger partial charge < -0.3 is 20.6 Å². The Morgan fingerprint density at radius 3 is 2.73 bits per heavy atom. The molecule has 2 atom stereocenters. The topological polar surface area (TPSA) is 108 Å². The van der Waals surface area contributed by atoms with Gasteiger partial charge in [0, 0.05) is 37.4 Å². The van der Waals surface area contributed by atoms with Gasteiger partial charge in [-0.05, 0) is 76.4 Å². The molecule has 9 heteroatoms. The van der Waals surface area contributed by atoms with Crippen molar-refractivity contribution in [3.05, 3.63) is 48.4 Å². The Morgan fingerprint density at radius 2 is 1.89 bits per heavy atom. The fourth-order valence-electron chi connectivity index (χ4n) is 5.08. The molecule has 0 amide bonds. The molecule has 3 aromatic rings. The van der Waals surface area contributed by atoms with Crippen molar-refractivity contribution in [2.45, 2.75) is 44.7 Å². The molecule has 0 radical (unpaired) electrons. The van der Waals surface area contributed by atoms with E-state index in [2.05, 4.69) is 55.7 Å². The van der Waals surface area contributed by atoms with Gasteiger partial charge >= 0.3 is 0 Å². The van der Waals surface area contributed by atoms with Gasteiger partial charge in [0.1, 0.15) is 11.6 Å². The number of piperidine rings is 1. The van der Waals surface area contributed by atoms with E-state index in [1.807, 2.05) is 24.3 Å². The van der Waals surface area contributed by atoms with Gasteiger partial charge in [0.25, 0.3) is 0 Å². The monoisotopic (exact) mass is 498 g/mol. The fraction of sp³-hybridized carbons (Fsp3) is 0.429. The zero-order valence-corrected chi connectivity index (χ0v) is 21.5. The highest BCUT2D eigenvalue weighted by molar-refractivity contribution is 5.74. The summed E-state index contributed by atoms with van der Waals surface area (Å²) in [5.74, 6) is 8.61. The maximum absolute atomic E-state index is 10.3. The quantitative estimate of drug-likeness (QED) is 0.527. The molecule has 0 bridgehead atoms. The minimum atomic E-state index is 0.168. The van der Waals surface area contributed by atoms with Crippen LogP contribution in [0.4, 0.5) is 17.3 Å². The third-order valence-corrected chi connectivity index (χ3v) is 7.34. The van der Waals surface area contributed by atoms with Gasteiger partial charge in [0.05, 0.1) is 17.4 Å². The number of aromatic nitrogens is 4. The van der Waals surface area contributed by atoms with Crippen LogP contribution in [0.3, 0.4) is 0 Å². The number of phenols is 1. The Morgan fingerprint density at radius 1 is 1.03 bits per heavy atom. The highest BCUT2D eigenvalue weighted by Crippen LogP contribution is 2.32.